The summed E-state index contributed by atoms with van der Waals surface area (Å²) in [4.78, 5) is 36.0. The third-order valence-corrected chi connectivity index (χ3v) is 5.23. The number of esters is 1. The minimum absolute atomic E-state index is 0.146. The molecule has 2 aromatic rings. The van der Waals surface area contributed by atoms with Crippen LogP contribution in [0, 0.1) is 5.92 Å². The van der Waals surface area contributed by atoms with Crippen molar-refractivity contribution in [1.82, 2.24) is 10.6 Å². The topological polar surface area (TPSA) is 84.5 Å². The molecule has 0 aliphatic heterocycles. The number of carbonyl (C=O) groups is 3. The number of nitrogens with one attached hydrogen (secondary N) is 2. The Labute approximate surface area is 164 Å². The van der Waals surface area contributed by atoms with Gasteiger partial charge in [0.15, 0.2) is 6.61 Å². The van der Waals surface area contributed by atoms with Crippen LogP contribution in [0.2, 0.25) is 0 Å². The maximum absolute atomic E-state index is 12.2. The van der Waals surface area contributed by atoms with Crippen molar-refractivity contribution in [3.63, 3.8) is 0 Å². The summed E-state index contributed by atoms with van der Waals surface area (Å²) < 4.78 is 4.97. The molecule has 0 bridgehead atoms. The van der Waals surface area contributed by atoms with E-state index in [1.807, 2.05) is 30.3 Å². The summed E-state index contributed by atoms with van der Waals surface area (Å²) in [6.07, 6.45) is 4.36. The molecule has 3 rings (SSSR count). The van der Waals surface area contributed by atoms with Gasteiger partial charge in [-0.15, -0.1) is 0 Å². The van der Waals surface area contributed by atoms with Gasteiger partial charge in [0, 0.05) is 11.6 Å². The first-order valence-corrected chi connectivity index (χ1v) is 9.75. The second-order valence-corrected chi connectivity index (χ2v) is 7.34. The Bertz CT molecular complexity index is 864. The fraction of sp³-hybridized carbons (Fsp3) is 0.409. The van der Waals surface area contributed by atoms with E-state index in [0.29, 0.717) is 11.5 Å². The molecule has 1 saturated carbocycles. The van der Waals surface area contributed by atoms with Crippen LogP contribution in [-0.2, 0) is 14.3 Å². The lowest BCUT2D eigenvalue weighted by atomic mass is 9.86. The normalized spacial score (nSPS) is 19.0. The molecule has 28 heavy (non-hydrogen) atoms. The van der Waals surface area contributed by atoms with Gasteiger partial charge in [-0.25, -0.2) is 0 Å². The predicted octanol–water partition coefficient (Wildman–Crippen LogP) is 2.81. The number of ether oxygens (including phenoxy) is 1. The van der Waals surface area contributed by atoms with Crippen LogP contribution in [0.3, 0.4) is 0 Å². The first-order chi connectivity index (χ1) is 13.5. The Hall–Kier alpha value is -2.89. The molecule has 1 aliphatic carbocycles. The van der Waals surface area contributed by atoms with Crippen molar-refractivity contribution >= 4 is 28.6 Å². The number of benzene rings is 2. The molecule has 2 unspecified atom stereocenters. The first kappa shape index (κ1) is 19.9. The first-order valence-electron chi connectivity index (χ1n) is 9.75. The van der Waals surface area contributed by atoms with Crippen molar-refractivity contribution in [2.24, 2.45) is 5.92 Å². The quantitative estimate of drug-likeness (QED) is 0.753. The summed E-state index contributed by atoms with van der Waals surface area (Å²) in [5, 5.41) is 7.45. The molecule has 2 aromatic carbocycles. The van der Waals surface area contributed by atoms with Crippen molar-refractivity contribution in [2.45, 2.75) is 38.6 Å². The van der Waals surface area contributed by atoms with Crippen LogP contribution in [-0.4, -0.2) is 37.0 Å². The highest BCUT2D eigenvalue weighted by Crippen LogP contribution is 2.23. The van der Waals surface area contributed by atoms with E-state index >= 15 is 0 Å². The number of hydrogen-bond acceptors (Lipinski definition) is 4. The summed E-state index contributed by atoms with van der Waals surface area (Å²) >= 11 is 0. The fourth-order valence-corrected chi connectivity index (χ4v) is 3.56. The Balaban J connectivity index is 1.41. The van der Waals surface area contributed by atoms with Gasteiger partial charge in [0.2, 0.25) is 0 Å². The summed E-state index contributed by atoms with van der Waals surface area (Å²) in [5.74, 6) is -0.855. The van der Waals surface area contributed by atoms with E-state index in [9.17, 15) is 14.4 Å². The fourth-order valence-electron chi connectivity index (χ4n) is 3.56. The summed E-state index contributed by atoms with van der Waals surface area (Å²) in [6, 6.07) is 13.2. The molecule has 0 saturated heterocycles. The standard InChI is InChI=1S/C22H26N2O4/c1-15-6-2-5-9-19(15)24-20(25)14-28-21(26)13-23-22(27)18-11-10-16-7-3-4-8-17(16)12-18/h3-4,7-8,10-12,15,19H,2,5-6,9,13-14H2,1H3,(H,23,27)(H,24,25). The average Bonchev–Trinajstić information content (AvgIpc) is 2.71. The van der Waals surface area contributed by atoms with Crippen molar-refractivity contribution in [3.05, 3.63) is 48.0 Å². The zero-order valence-corrected chi connectivity index (χ0v) is 16.1. The van der Waals surface area contributed by atoms with Gasteiger partial charge in [0.05, 0.1) is 0 Å². The van der Waals surface area contributed by atoms with Gasteiger partial charge >= 0.3 is 5.97 Å². The van der Waals surface area contributed by atoms with Gasteiger partial charge in [0.1, 0.15) is 6.54 Å². The third-order valence-electron chi connectivity index (χ3n) is 5.23. The number of fused-ring (bicyclic) bond motifs is 1. The number of amides is 2. The molecule has 2 amide bonds. The largest absolute Gasteiger partial charge is 0.454 e. The highest BCUT2D eigenvalue weighted by atomic mass is 16.5. The van der Waals surface area contributed by atoms with E-state index in [0.717, 1.165) is 30.0 Å². The lowest BCUT2D eigenvalue weighted by Gasteiger charge is -2.29. The molecule has 1 aliphatic rings. The maximum atomic E-state index is 12.2. The molecule has 2 atom stereocenters. The Morgan fingerprint density at radius 3 is 2.57 bits per heavy atom. The van der Waals surface area contributed by atoms with Crippen LogP contribution in [0.25, 0.3) is 10.8 Å². The molecule has 0 aromatic heterocycles. The highest BCUT2D eigenvalue weighted by Gasteiger charge is 2.23. The zero-order valence-electron chi connectivity index (χ0n) is 16.1. The van der Waals surface area contributed by atoms with Gasteiger partial charge in [-0.05, 0) is 41.7 Å². The maximum Gasteiger partial charge on any atom is 0.325 e. The van der Waals surface area contributed by atoms with E-state index in [2.05, 4.69) is 17.6 Å². The minimum Gasteiger partial charge on any atom is -0.454 e. The highest BCUT2D eigenvalue weighted by molar-refractivity contribution is 5.99. The molecule has 6 heteroatoms. The van der Waals surface area contributed by atoms with Crippen LogP contribution in [0.1, 0.15) is 43.0 Å². The summed E-state index contributed by atoms with van der Waals surface area (Å²) in [7, 11) is 0. The molecule has 0 radical (unpaired) electrons. The summed E-state index contributed by atoms with van der Waals surface area (Å²) in [5.41, 5.74) is 0.468. The number of hydrogen-bond donors (Lipinski definition) is 2. The van der Waals surface area contributed by atoms with Gasteiger partial charge < -0.3 is 15.4 Å². The monoisotopic (exact) mass is 382 g/mol. The van der Waals surface area contributed by atoms with Crippen LogP contribution < -0.4 is 10.6 Å². The third kappa shape index (κ3) is 5.31. The van der Waals surface area contributed by atoms with Gasteiger partial charge in [-0.2, -0.15) is 0 Å². The minimum atomic E-state index is -0.638. The molecule has 0 spiro atoms. The van der Waals surface area contributed by atoms with Gasteiger partial charge in [0.25, 0.3) is 11.8 Å². The van der Waals surface area contributed by atoms with E-state index in [4.69, 9.17) is 4.74 Å². The van der Waals surface area contributed by atoms with Crippen molar-refractivity contribution in [2.75, 3.05) is 13.2 Å². The zero-order chi connectivity index (χ0) is 19.9. The average molecular weight is 382 g/mol. The van der Waals surface area contributed by atoms with E-state index < -0.39 is 5.97 Å². The number of rotatable bonds is 6. The van der Waals surface area contributed by atoms with Crippen LogP contribution >= 0.6 is 0 Å². The van der Waals surface area contributed by atoms with Gasteiger partial charge in [-0.3, -0.25) is 14.4 Å². The van der Waals surface area contributed by atoms with E-state index in [1.165, 1.54) is 6.42 Å². The van der Waals surface area contributed by atoms with Gasteiger partial charge in [-0.1, -0.05) is 50.1 Å². The van der Waals surface area contributed by atoms with E-state index in [1.54, 1.807) is 12.1 Å². The Morgan fingerprint density at radius 1 is 1.04 bits per heavy atom. The molecular weight excluding hydrogens is 356 g/mol. The number of carbonyl (C=O) groups excluding carboxylic acids is 3. The molecule has 1 fully saturated rings. The lowest BCUT2D eigenvalue weighted by Crippen LogP contribution is -2.43. The SMILES string of the molecule is CC1CCCCC1NC(=O)COC(=O)CNC(=O)c1ccc2ccccc2c1. The molecular formula is C22H26N2O4. The summed E-state index contributed by atoms with van der Waals surface area (Å²) in [6.45, 7) is 1.52. The lowest BCUT2D eigenvalue weighted by molar-refractivity contribution is -0.147. The van der Waals surface area contributed by atoms with Crippen LogP contribution in [0.4, 0.5) is 0 Å². The molecule has 0 heterocycles. The van der Waals surface area contributed by atoms with Crippen molar-refractivity contribution < 1.29 is 19.1 Å². The predicted molar refractivity (Wildman–Crippen MR) is 107 cm³/mol. The Kier molecular flexibility index (Phi) is 6.63. The van der Waals surface area contributed by atoms with Crippen LogP contribution in [0.5, 0.6) is 0 Å². The second kappa shape index (κ2) is 9.35. The van der Waals surface area contributed by atoms with Crippen molar-refractivity contribution in [1.29, 1.82) is 0 Å². The second-order valence-electron chi connectivity index (χ2n) is 7.34. The molecule has 2 N–H and O–H groups in total. The smallest absolute Gasteiger partial charge is 0.325 e. The van der Waals surface area contributed by atoms with Crippen LogP contribution in [0.15, 0.2) is 42.5 Å². The molecule has 6 nitrogen and oxygen atoms in total. The molecule has 148 valence electrons. The van der Waals surface area contributed by atoms with Crippen molar-refractivity contribution in [3.8, 4) is 0 Å². The van der Waals surface area contributed by atoms with E-state index in [-0.39, 0.29) is 31.0 Å². The Morgan fingerprint density at radius 2 is 1.79 bits per heavy atom.